The fraction of sp³-hybridized carbons (Fsp3) is 0.789. The molecule has 1 aliphatic heterocycles. The Bertz CT molecular complexity index is 627. The molecule has 8 heteroatoms. The Balaban J connectivity index is 1.56. The van der Waals surface area contributed by atoms with Crippen LogP contribution in [0.25, 0.3) is 0 Å². The highest BCUT2D eigenvalue weighted by atomic mass is 16.5. The van der Waals surface area contributed by atoms with E-state index in [4.69, 9.17) is 9.47 Å². The van der Waals surface area contributed by atoms with Gasteiger partial charge in [-0.1, -0.05) is 37.3 Å². The summed E-state index contributed by atoms with van der Waals surface area (Å²) >= 11 is 0. The molecular formula is C19H30N4O4. The Kier molecular flexibility index (Phi) is 7.20. The molecule has 0 radical (unpaired) electrons. The average molecular weight is 378 g/mol. The number of rotatable bonds is 7. The quantitative estimate of drug-likeness (QED) is 0.675. The van der Waals surface area contributed by atoms with Gasteiger partial charge in [-0.05, 0) is 19.3 Å². The van der Waals surface area contributed by atoms with Crippen LogP contribution in [0.3, 0.4) is 0 Å². The summed E-state index contributed by atoms with van der Waals surface area (Å²) < 4.78 is 12.2. The summed E-state index contributed by atoms with van der Waals surface area (Å²) in [4.78, 5) is 26.3. The summed E-state index contributed by atoms with van der Waals surface area (Å²) in [7, 11) is 0. The van der Waals surface area contributed by atoms with Gasteiger partial charge in [-0.3, -0.25) is 14.3 Å². The lowest BCUT2D eigenvalue weighted by Gasteiger charge is -2.34. The van der Waals surface area contributed by atoms with Crippen molar-refractivity contribution in [2.45, 2.75) is 64.5 Å². The molecule has 2 fully saturated rings. The van der Waals surface area contributed by atoms with Crippen LogP contribution < -0.4 is 0 Å². The van der Waals surface area contributed by atoms with Gasteiger partial charge in [-0.2, -0.15) is 0 Å². The van der Waals surface area contributed by atoms with E-state index in [2.05, 4.69) is 10.3 Å². The third-order valence-electron chi connectivity index (χ3n) is 5.44. The van der Waals surface area contributed by atoms with Crippen LogP contribution in [0.2, 0.25) is 0 Å². The lowest BCUT2D eigenvalue weighted by atomic mass is 9.87. The Hall–Kier alpha value is -1.96. The van der Waals surface area contributed by atoms with E-state index >= 15 is 0 Å². The minimum atomic E-state index is -0.322. The number of ether oxygens (including phenoxy) is 2. The molecule has 150 valence electrons. The first kappa shape index (κ1) is 19.8. The van der Waals surface area contributed by atoms with Crippen molar-refractivity contribution in [1.82, 2.24) is 19.9 Å². The van der Waals surface area contributed by atoms with Crippen molar-refractivity contribution in [3.05, 3.63) is 11.9 Å². The highest BCUT2D eigenvalue weighted by molar-refractivity contribution is 5.92. The van der Waals surface area contributed by atoms with E-state index in [-0.39, 0.29) is 24.3 Å². The SMILES string of the molecule is CCOC(=O)C[C@@H]1COCCN1C(=O)c1cn(CCC2CCCCC2)nn1. The van der Waals surface area contributed by atoms with Crippen LogP contribution in [-0.2, 0) is 20.8 Å². The molecule has 27 heavy (non-hydrogen) atoms. The first-order chi connectivity index (χ1) is 13.2. The maximum atomic E-state index is 12.9. The normalized spacial score (nSPS) is 21.2. The first-order valence-corrected chi connectivity index (χ1v) is 10.1. The molecule has 0 N–H and O–H groups in total. The van der Waals surface area contributed by atoms with Crippen LogP contribution in [0.15, 0.2) is 6.20 Å². The Labute approximate surface area is 160 Å². The molecule has 1 atom stereocenters. The fourth-order valence-electron chi connectivity index (χ4n) is 3.95. The lowest BCUT2D eigenvalue weighted by Crippen LogP contribution is -2.49. The maximum absolute atomic E-state index is 12.9. The number of aryl methyl sites for hydroxylation is 1. The number of morpholine rings is 1. The monoisotopic (exact) mass is 378 g/mol. The number of nitrogens with zero attached hydrogens (tertiary/aromatic N) is 4. The number of aromatic nitrogens is 3. The van der Waals surface area contributed by atoms with Crippen molar-refractivity contribution in [3.8, 4) is 0 Å². The summed E-state index contributed by atoms with van der Waals surface area (Å²) in [5, 5.41) is 8.20. The van der Waals surface area contributed by atoms with Crippen molar-refractivity contribution >= 4 is 11.9 Å². The van der Waals surface area contributed by atoms with Crippen LogP contribution in [-0.4, -0.2) is 64.2 Å². The predicted molar refractivity (Wildman–Crippen MR) is 98.1 cm³/mol. The molecule has 1 saturated carbocycles. The van der Waals surface area contributed by atoms with Gasteiger partial charge in [0.05, 0.1) is 38.5 Å². The fourth-order valence-corrected chi connectivity index (χ4v) is 3.95. The summed E-state index contributed by atoms with van der Waals surface area (Å²) in [6.45, 7) is 4.12. The molecule has 2 heterocycles. The molecule has 0 spiro atoms. The van der Waals surface area contributed by atoms with Crippen molar-refractivity contribution < 1.29 is 19.1 Å². The second-order valence-electron chi connectivity index (χ2n) is 7.40. The van der Waals surface area contributed by atoms with Gasteiger partial charge in [0.2, 0.25) is 0 Å². The zero-order valence-corrected chi connectivity index (χ0v) is 16.1. The number of hydrogen-bond acceptors (Lipinski definition) is 6. The highest BCUT2D eigenvalue weighted by Gasteiger charge is 2.31. The molecule has 1 aromatic rings. The van der Waals surface area contributed by atoms with Crippen LogP contribution >= 0.6 is 0 Å². The van der Waals surface area contributed by atoms with Crippen molar-refractivity contribution in [1.29, 1.82) is 0 Å². The zero-order chi connectivity index (χ0) is 19.1. The van der Waals surface area contributed by atoms with Crippen LogP contribution in [0.1, 0.15) is 62.4 Å². The van der Waals surface area contributed by atoms with E-state index in [1.807, 2.05) is 0 Å². The molecule has 0 bridgehead atoms. The lowest BCUT2D eigenvalue weighted by molar-refractivity contribution is -0.145. The van der Waals surface area contributed by atoms with E-state index in [1.165, 1.54) is 32.1 Å². The van der Waals surface area contributed by atoms with Gasteiger partial charge >= 0.3 is 5.97 Å². The van der Waals surface area contributed by atoms with E-state index < -0.39 is 0 Å². The third-order valence-corrected chi connectivity index (χ3v) is 5.44. The molecule has 1 aliphatic carbocycles. The molecule has 8 nitrogen and oxygen atoms in total. The standard InChI is InChI=1S/C19H30N4O4/c1-2-27-18(24)12-16-14-26-11-10-23(16)19(25)17-13-22(21-20-17)9-8-15-6-4-3-5-7-15/h13,15-16H,2-12,14H2,1H3/t16-/m1/s1. The summed E-state index contributed by atoms with van der Waals surface area (Å²) in [6.07, 6.45) is 9.53. The molecule has 2 aliphatic rings. The van der Waals surface area contributed by atoms with Gasteiger partial charge in [-0.25, -0.2) is 0 Å². The molecule has 0 aromatic carbocycles. The van der Waals surface area contributed by atoms with E-state index in [0.29, 0.717) is 32.1 Å². The van der Waals surface area contributed by atoms with Crippen molar-refractivity contribution in [2.75, 3.05) is 26.4 Å². The molecule has 1 saturated heterocycles. The summed E-state index contributed by atoms with van der Waals surface area (Å²) in [6, 6.07) is -0.322. The van der Waals surface area contributed by atoms with Gasteiger partial charge in [0.1, 0.15) is 0 Å². The third kappa shape index (κ3) is 5.51. The number of carbonyl (C=O) groups is 2. The van der Waals surface area contributed by atoms with Crippen molar-refractivity contribution in [3.63, 3.8) is 0 Å². The predicted octanol–water partition coefficient (Wildman–Crippen LogP) is 2.04. The number of esters is 1. The average Bonchev–Trinajstić information content (AvgIpc) is 3.16. The molecule has 1 amide bonds. The van der Waals surface area contributed by atoms with Gasteiger partial charge in [0.25, 0.3) is 5.91 Å². The highest BCUT2D eigenvalue weighted by Crippen LogP contribution is 2.26. The summed E-state index contributed by atoms with van der Waals surface area (Å²) in [5.41, 5.74) is 0.328. The minimum absolute atomic E-state index is 0.134. The molecule has 3 rings (SSSR count). The van der Waals surface area contributed by atoms with Gasteiger partial charge in [-0.15, -0.1) is 5.10 Å². The minimum Gasteiger partial charge on any atom is -0.466 e. The van der Waals surface area contributed by atoms with E-state index in [0.717, 1.165) is 18.9 Å². The van der Waals surface area contributed by atoms with Gasteiger partial charge < -0.3 is 14.4 Å². The number of amides is 1. The van der Waals surface area contributed by atoms with Crippen LogP contribution in [0.4, 0.5) is 0 Å². The Morgan fingerprint density at radius 3 is 2.89 bits per heavy atom. The number of hydrogen-bond donors (Lipinski definition) is 0. The number of carbonyl (C=O) groups excluding carboxylic acids is 2. The maximum Gasteiger partial charge on any atom is 0.307 e. The smallest absolute Gasteiger partial charge is 0.307 e. The molecule has 0 unspecified atom stereocenters. The second-order valence-corrected chi connectivity index (χ2v) is 7.40. The second kappa shape index (κ2) is 9.82. The first-order valence-electron chi connectivity index (χ1n) is 10.1. The van der Waals surface area contributed by atoms with Gasteiger partial charge in [0, 0.05) is 13.1 Å². The largest absolute Gasteiger partial charge is 0.466 e. The molecular weight excluding hydrogens is 348 g/mol. The summed E-state index contributed by atoms with van der Waals surface area (Å²) in [5.74, 6) is 0.244. The topological polar surface area (TPSA) is 86.5 Å². The van der Waals surface area contributed by atoms with Crippen molar-refractivity contribution in [2.24, 2.45) is 5.92 Å². The Morgan fingerprint density at radius 2 is 2.11 bits per heavy atom. The zero-order valence-electron chi connectivity index (χ0n) is 16.1. The molecule has 1 aromatic heterocycles. The van der Waals surface area contributed by atoms with Crippen LogP contribution in [0.5, 0.6) is 0 Å². The van der Waals surface area contributed by atoms with Gasteiger partial charge in [0.15, 0.2) is 5.69 Å². The Morgan fingerprint density at radius 1 is 1.30 bits per heavy atom. The van der Waals surface area contributed by atoms with Crippen LogP contribution in [0, 0.1) is 5.92 Å². The van der Waals surface area contributed by atoms with E-state index in [1.54, 1.807) is 22.7 Å². The van der Waals surface area contributed by atoms with E-state index in [9.17, 15) is 9.59 Å².